The summed E-state index contributed by atoms with van der Waals surface area (Å²) >= 11 is 3.24. The fourth-order valence-corrected chi connectivity index (χ4v) is 3.40. The molecule has 0 aliphatic rings. The summed E-state index contributed by atoms with van der Waals surface area (Å²) in [4.78, 5) is 33.7. The predicted octanol–water partition coefficient (Wildman–Crippen LogP) is 1.24. The number of thioether (sulfide) groups is 1. The van der Waals surface area contributed by atoms with Gasteiger partial charge in [0.2, 0.25) is 5.91 Å². The number of hydrogen-bond donors (Lipinski definition) is 2. The maximum absolute atomic E-state index is 11.8. The smallest absolute Gasteiger partial charge is 0.250 e. The van der Waals surface area contributed by atoms with Crippen molar-refractivity contribution in [3.63, 3.8) is 0 Å². The molecule has 1 amide bonds. The number of nitrogens with one attached hydrogen (secondary N) is 2. The van der Waals surface area contributed by atoms with Crippen LogP contribution in [0.25, 0.3) is 0 Å². The van der Waals surface area contributed by atoms with Crippen LogP contribution in [0.3, 0.4) is 0 Å². The minimum atomic E-state index is -0.185. The van der Waals surface area contributed by atoms with Gasteiger partial charge < -0.3 is 10.3 Å². The molecule has 2 heterocycles. The number of hydrogen-bond acceptors (Lipinski definition) is 6. The van der Waals surface area contributed by atoms with Gasteiger partial charge in [-0.05, 0) is 5.75 Å². The van der Waals surface area contributed by atoms with Gasteiger partial charge in [0.1, 0.15) is 4.34 Å². The standard InChI is InChI=1S/C13H16N4O2S2/c1-2-20-13-17-10(7-21-13)6-11(18)14-4-3-9-5-12(19)16-8-15-9/h5,7-8H,2-4,6H2,1H3,(H,14,18)(H,15,16,19). The lowest BCUT2D eigenvalue weighted by atomic mass is 10.3. The Labute approximate surface area is 130 Å². The van der Waals surface area contributed by atoms with E-state index in [1.54, 1.807) is 23.1 Å². The van der Waals surface area contributed by atoms with Gasteiger partial charge in [0.25, 0.3) is 5.56 Å². The fraction of sp³-hybridized carbons (Fsp3) is 0.385. The predicted molar refractivity (Wildman–Crippen MR) is 83.8 cm³/mol. The summed E-state index contributed by atoms with van der Waals surface area (Å²) in [5, 5.41) is 4.72. The van der Waals surface area contributed by atoms with Crippen molar-refractivity contribution in [2.75, 3.05) is 12.3 Å². The second kappa shape index (κ2) is 7.94. The molecule has 0 radical (unpaired) electrons. The average Bonchev–Trinajstić information content (AvgIpc) is 2.86. The molecular formula is C13H16N4O2S2. The number of aromatic nitrogens is 3. The van der Waals surface area contributed by atoms with E-state index in [9.17, 15) is 9.59 Å². The zero-order valence-corrected chi connectivity index (χ0v) is 13.2. The van der Waals surface area contributed by atoms with Crippen LogP contribution in [0.2, 0.25) is 0 Å². The van der Waals surface area contributed by atoms with Crippen molar-refractivity contribution in [3.8, 4) is 0 Å². The summed E-state index contributed by atoms with van der Waals surface area (Å²) in [6.07, 6.45) is 2.18. The zero-order chi connectivity index (χ0) is 15.1. The molecule has 112 valence electrons. The second-order valence-electron chi connectivity index (χ2n) is 4.22. The van der Waals surface area contributed by atoms with Gasteiger partial charge in [-0.2, -0.15) is 0 Å². The number of rotatable bonds is 7. The van der Waals surface area contributed by atoms with Gasteiger partial charge in [-0.1, -0.05) is 18.7 Å². The van der Waals surface area contributed by atoms with Gasteiger partial charge in [0.15, 0.2) is 0 Å². The van der Waals surface area contributed by atoms with Gasteiger partial charge >= 0.3 is 0 Å². The van der Waals surface area contributed by atoms with E-state index in [4.69, 9.17) is 0 Å². The fourth-order valence-electron chi connectivity index (χ4n) is 1.66. The minimum absolute atomic E-state index is 0.0711. The number of amides is 1. The third-order valence-electron chi connectivity index (χ3n) is 2.58. The van der Waals surface area contributed by atoms with Crippen LogP contribution in [0.4, 0.5) is 0 Å². The maximum atomic E-state index is 11.8. The molecule has 0 bridgehead atoms. The van der Waals surface area contributed by atoms with Crippen LogP contribution in [-0.4, -0.2) is 33.2 Å². The van der Waals surface area contributed by atoms with E-state index in [2.05, 4.69) is 27.2 Å². The molecule has 2 N–H and O–H groups in total. The zero-order valence-electron chi connectivity index (χ0n) is 11.6. The highest BCUT2D eigenvalue weighted by molar-refractivity contribution is 8.00. The van der Waals surface area contributed by atoms with Crippen molar-refractivity contribution in [1.82, 2.24) is 20.3 Å². The van der Waals surface area contributed by atoms with Crippen molar-refractivity contribution in [2.45, 2.75) is 24.1 Å². The third-order valence-corrected chi connectivity index (χ3v) is 4.53. The van der Waals surface area contributed by atoms with Crippen LogP contribution in [0.5, 0.6) is 0 Å². The SMILES string of the molecule is CCSc1nc(CC(=O)NCCc2cc(=O)[nH]cn2)cs1. The summed E-state index contributed by atoms with van der Waals surface area (Å²) in [6.45, 7) is 2.52. The Balaban J connectivity index is 1.75. The van der Waals surface area contributed by atoms with Crippen molar-refractivity contribution >= 4 is 29.0 Å². The summed E-state index contributed by atoms with van der Waals surface area (Å²) in [5.41, 5.74) is 1.27. The Bertz CT molecular complexity index is 653. The molecule has 0 atom stereocenters. The van der Waals surface area contributed by atoms with Gasteiger partial charge in [0.05, 0.1) is 18.4 Å². The highest BCUT2D eigenvalue weighted by Gasteiger charge is 2.07. The Morgan fingerprint density at radius 3 is 3.10 bits per heavy atom. The molecule has 0 fully saturated rings. The third kappa shape index (κ3) is 5.31. The highest BCUT2D eigenvalue weighted by atomic mass is 32.2. The van der Waals surface area contributed by atoms with E-state index in [-0.39, 0.29) is 17.9 Å². The average molecular weight is 324 g/mol. The van der Waals surface area contributed by atoms with Crippen molar-refractivity contribution in [2.24, 2.45) is 0 Å². The van der Waals surface area contributed by atoms with E-state index in [0.29, 0.717) is 18.7 Å². The van der Waals surface area contributed by atoms with Crippen LogP contribution in [-0.2, 0) is 17.6 Å². The molecule has 0 saturated heterocycles. The monoisotopic (exact) mass is 324 g/mol. The quantitative estimate of drug-likeness (QED) is 0.748. The van der Waals surface area contributed by atoms with Crippen molar-refractivity contribution < 1.29 is 4.79 Å². The number of carbonyl (C=O) groups is 1. The summed E-state index contributed by atoms with van der Waals surface area (Å²) in [7, 11) is 0. The first-order chi connectivity index (χ1) is 10.2. The number of aromatic amines is 1. The highest BCUT2D eigenvalue weighted by Crippen LogP contribution is 2.22. The summed E-state index contributed by atoms with van der Waals surface area (Å²) < 4.78 is 0.994. The molecule has 2 aromatic heterocycles. The van der Waals surface area contributed by atoms with Crippen LogP contribution in [0, 0.1) is 0 Å². The Kier molecular flexibility index (Phi) is 5.94. The number of carbonyl (C=O) groups excluding carboxylic acids is 1. The number of H-pyrrole nitrogens is 1. The van der Waals surface area contributed by atoms with Crippen molar-refractivity contribution in [3.05, 3.63) is 39.5 Å². The van der Waals surface area contributed by atoms with E-state index in [0.717, 1.165) is 15.8 Å². The molecular weight excluding hydrogens is 308 g/mol. The first-order valence-electron chi connectivity index (χ1n) is 6.55. The first kappa shape index (κ1) is 15.7. The maximum Gasteiger partial charge on any atom is 0.250 e. The molecule has 21 heavy (non-hydrogen) atoms. The molecule has 0 aliphatic carbocycles. The summed E-state index contributed by atoms with van der Waals surface area (Å²) in [5.74, 6) is 0.903. The lowest BCUT2D eigenvalue weighted by Crippen LogP contribution is -2.27. The van der Waals surface area contributed by atoms with E-state index in [1.807, 2.05) is 5.38 Å². The number of nitrogens with zero attached hydrogens (tertiary/aromatic N) is 2. The minimum Gasteiger partial charge on any atom is -0.355 e. The number of thiazole rings is 1. The van der Waals surface area contributed by atoms with E-state index >= 15 is 0 Å². The molecule has 0 aliphatic heterocycles. The Morgan fingerprint density at radius 2 is 2.33 bits per heavy atom. The molecule has 0 unspecified atom stereocenters. The van der Waals surface area contributed by atoms with Gasteiger partial charge in [0, 0.05) is 30.1 Å². The van der Waals surface area contributed by atoms with Gasteiger partial charge in [-0.3, -0.25) is 9.59 Å². The molecule has 0 spiro atoms. The largest absolute Gasteiger partial charge is 0.355 e. The molecule has 0 aromatic carbocycles. The second-order valence-corrected chi connectivity index (χ2v) is 6.59. The van der Waals surface area contributed by atoms with Crippen LogP contribution >= 0.6 is 23.1 Å². The lowest BCUT2D eigenvalue weighted by Gasteiger charge is -2.03. The molecule has 2 aromatic rings. The van der Waals surface area contributed by atoms with Gasteiger partial charge in [-0.15, -0.1) is 11.3 Å². The van der Waals surface area contributed by atoms with Gasteiger partial charge in [-0.25, -0.2) is 9.97 Å². The Morgan fingerprint density at radius 1 is 1.48 bits per heavy atom. The van der Waals surface area contributed by atoms with Crippen LogP contribution in [0.1, 0.15) is 18.3 Å². The summed E-state index contributed by atoms with van der Waals surface area (Å²) in [6, 6.07) is 1.43. The van der Waals surface area contributed by atoms with E-state index < -0.39 is 0 Å². The molecule has 2 rings (SSSR count). The topological polar surface area (TPSA) is 87.7 Å². The first-order valence-corrected chi connectivity index (χ1v) is 8.41. The molecule has 8 heteroatoms. The van der Waals surface area contributed by atoms with E-state index in [1.165, 1.54) is 12.4 Å². The van der Waals surface area contributed by atoms with Crippen molar-refractivity contribution in [1.29, 1.82) is 0 Å². The lowest BCUT2D eigenvalue weighted by molar-refractivity contribution is -0.120. The molecule has 6 nitrogen and oxygen atoms in total. The van der Waals surface area contributed by atoms with Crippen LogP contribution < -0.4 is 10.9 Å². The van der Waals surface area contributed by atoms with Crippen LogP contribution in [0.15, 0.2) is 26.9 Å². The normalized spacial score (nSPS) is 10.5. The molecule has 0 saturated carbocycles. The Hall–Kier alpha value is -1.67.